The SMILES string of the molecule is Nc1cnc2c(c1)c(=O)[nH]c(=O)n2C1CCCCC1. The largest absolute Gasteiger partial charge is 0.397 e. The Hall–Kier alpha value is -2.11. The zero-order valence-corrected chi connectivity index (χ0v) is 10.6. The van der Waals surface area contributed by atoms with Gasteiger partial charge in [0.05, 0.1) is 17.3 Å². The number of hydrogen-bond donors (Lipinski definition) is 2. The Kier molecular flexibility index (Phi) is 2.85. The number of nitrogens with one attached hydrogen (secondary N) is 1. The van der Waals surface area contributed by atoms with E-state index in [4.69, 9.17) is 5.73 Å². The first-order valence-corrected chi connectivity index (χ1v) is 6.57. The van der Waals surface area contributed by atoms with Gasteiger partial charge in [-0.05, 0) is 18.9 Å². The molecule has 0 atom stereocenters. The average Bonchev–Trinajstić information content (AvgIpc) is 2.41. The summed E-state index contributed by atoms with van der Waals surface area (Å²) in [5.74, 6) is 0. The number of nitrogen functional groups attached to an aromatic ring is 1. The molecule has 19 heavy (non-hydrogen) atoms. The molecule has 0 bridgehead atoms. The number of nitrogens with zero attached hydrogens (tertiary/aromatic N) is 2. The van der Waals surface area contributed by atoms with Crippen molar-refractivity contribution in [3.05, 3.63) is 33.1 Å². The summed E-state index contributed by atoms with van der Waals surface area (Å²) in [5, 5.41) is 0.380. The molecular weight excluding hydrogens is 244 g/mol. The summed E-state index contributed by atoms with van der Waals surface area (Å²) < 4.78 is 1.62. The molecule has 100 valence electrons. The van der Waals surface area contributed by atoms with Crippen molar-refractivity contribution in [3.8, 4) is 0 Å². The maximum atomic E-state index is 12.1. The zero-order valence-electron chi connectivity index (χ0n) is 10.6. The predicted octanol–water partition coefficient (Wildman–Crippen LogP) is 1.17. The van der Waals surface area contributed by atoms with E-state index >= 15 is 0 Å². The van der Waals surface area contributed by atoms with Gasteiger partial charge in [0, 0.05) is 6.04 Å². The Morgan fingerprint density at radius 3 is 2.74 bits per heavy atom. The molecule has 6 heteroatoms. The van der Waals surface area contributed by atoms with Crippen LogP contribution in [0.1, 0.15) is 38.1 Å². The number of aromatic nitrogens is 3. The van der Waals surface area contributed by atoms with Crippen LogP contribution in [-0.2, 0) is 0 Å². The maximum Gasteiger partial charge on any atom is 0.330 e. The molecule has 0 aromatic carbocycles. The number of hydrogen-bond acceptors (Lipinski definition) is 4. The van der Waals surface area contributed by atoms with Crippen LogP contribution in [0.2, 0.25) is 0 Å². The molecule has 0 unspecified atom stereocenters. The number of anilines is 1. The highest BCUT2D eigenvalue weighted by Crippen LogP contribution is 2.28. The van der Waals surface area contributed by atoms with Gasteiger partial charge in [-0.15, -0.1) is 0 Å². The Morgan fingerprint density at radius 2 is 2.00 bits per heavy atom. The van der Waals surface area contributed by atoms with E-state index in [0.29, 0.717) is 16.7 Å². The second kappa shape index (κ2) is 4.53. The molecule has 0 aliphatic heterocycles. The number of rotatable bonds is 1. The molecule has 2 aromatic rings. The molecule has 3 rings (SSSR count). The second-order valence-electron chi connectivity index (χ2n) is 5.06. The molecule has 6 nitrogen and oxygen atoms in total. The van der Waals surface area contributed by atoms with Gasteiger partial charge < -0.3 is 5.73 Å². The molecule has 0 amide bonds. The van der Waals surface area contributed by atoms with Crippen LogP contribution in [0.15, 0.2) is 21.9 Å². The van der Waals surface area contributed by atoms with Crippen LogP contribution in [-0.4, -0.2) is 14.5 Å². The van der Waals surface area contributed by atoms with Gasteiger partial charge in [0.2, 0.25) is 0 Å². The molecule has 1 aliphatic rings. The topological polar surface area (TPSA) is 93.8 Å². The second-order valence-corrected chi connectivity index (χ2v) is 5.06. The van der Waals surface area contributed by atoms with Gasteiger partial charge >= 0.3 is 5.69 Å². The fourth-order valence-corrected chi connectivity index (χ4v) is 2.83. The van der Waals surface area contributed by atoms with Crippen LogP contribution >= 0.6 is 0 Å². The zero-order chi connectivity index (χ0) is 13.4. The van der Waals surface area contributed by atoms with E-state index in [2.05, 4.69) is 9.97 Å². The molecule has 0 spiro atoms. The third-order valence-electron chi connectivity index (χ3n) is 3.74. The van der Waals surface area contributed by atoms with Gasteiger partial charge in [0.1, 0.15) is 5.65 Å². The molecule has 2 heterocycles. The highest BCUT2D eigenvalue weighted by atomic mass is 16.2. The summed E-state index contributed by atoms with van der Waals surface area (Å²) in [5.41, 5.74) is 5.72. The van der Waals surface area contributed by atoms with Gasteiger partial charge in [-0.2, -0.15) is 0 Å². The van der Waals surface area contributed by atoms with Crippen molar-refractivity contribution >= 4 is 16.7 Å². The molecule has 2 aromatic heterocycles. The van der Waals surface area contributed by atoms with E-state index < -0.39 is 5.56 Å². The van der Waals surface area contributed by atoms with Gasteiger partial charge in [0.25, 0.3) is 5.56 Å². The first-order chi connectivity index (χ1) is 9.16. The predicted molar refractivity (Wildman–Crippen MR) is 73.2 cm³/mol. The van der Waals surface area contributed by atoms with Crippen LogP contribution in [0.5, 0.6) is 0 Å². The Balaban J connectivity index is 2.28. The van der Waals surface area contributed by atoms with Crippen LogP contribution in [0, 0.1) is 0 Å². The smallest absolute Gasteiger partial charge is 0.330 e. The molecule has 0 radical (unpaired) electrons. The number of nitrogens with two attached hydrogens (primary N) is 1. The van der Waals surface area contributed by atoms with Crippen LogP contribution < -0.4 is 17.0 Å². The van der Waals surface area contributed by atoms with Crippen LogP contribution in [0.4, 0.5) is 5.69 Å². The molecular formula is C13H16N4O2. The summed E-state index contributed by atoms with van der Waals surface area (Å²) in [7, 11) is 0. The number of pyridine rings is 1. The van der Waals surface area contributed by atoms with Gasteiger partial charge in [-0.25, -0.2) is 9.78 Å². The lowest BCUT2D eigenvalue weighted by atomic mass is 9.95. The summed E-state index contributed by atoms with van der Waals surface area (Å²) in [6.45, 7) is 0. The third kappa shape index (κ3) is 2.03. The number of fused-ring (bicyclic) bond motifs is 1. The fourth-order valence-electron chi connectivity index (χ4n) is 2.83. The highest BCUT2D eigenvalue weighted by Gasteiger charge is 2.20. The highest BCUT2D eigenvalue weighted by molar-refractivity contribution is 5.77. The van der Waals surface area contributed by atoms with Gasteiger partial charge in [-0.1, -0.05) is 19.3 Å². The minimum absolute atomic E-state index is 0.122. The number of aromatic amines is 1. The van der Waals surface area contributed by atoms with Crippen LogP contribution in [0.3, 0.4) is 0 Å². The monoisotopic (exact) mass is 260 g/mol. The summed E-state index contributed by atoms with van der Waals surface area (Å²) in [6, 6.07) is 1.69. The summed E-state index contributed by atoms with van der Waals surface area (Å²) in [6.07, 6.45) is 6.80. The lowest BCUT2D eigenvalue weighted by Gasteiger charge is -2.24. The normalized spacial score (nSPS) is 16.8. The summed E-state index contributed by atoms with van der Waals surface area (Å²) in [4.78, 5) is 30.5. The maximum absolute atomic E-state index is 12.1. The first-order valence-electron chi connectivity index (χ1n) is 6.57. The van der Waals surface area contributed by atoms with E-state index in [0.717, 1.165) is 25.7 Å². The average molecular weight is 260 g/mol. The third-order valence-corrected chi connectivity index (χ3v) is 3.74. The number of H-pyrrole nitrogens is 1. The molecule has 1 fully saturated rings. The first kappa shape index (κ1) is 12.0. The lowest BCUT2D eigenvalue weighted by molar-refractivity contribution is 0.349. The van der Waals surface area contributed by atoms with Gasteiger partial charge in [0.15, 0.2) is 0 Å². The van der Waals surface area contributed by atoms with E-state index in [1.807, 2.05) is 0 Å². The van der Waals surface area contributed by atoms with Crippen LogP contribution in [0.25, 0.3) is 11.0 Å². The molecule has 1 saturated carbocycles. The Morgan fingerprint density at radius 1 is 1.26 bits per heavy atom. The van der Waals surface area contributed by atoms with Crippen molar-refractivity contribution in [1.29, 1.82) is 0 Å². The van der Waals surface area contributed by atoms with Gasteiger partial charge in [-0.3, -0.25) is 14.3 Å². The van der Waals surface area contributed by atoms with E-state index in [1.54, 1.807) is 10.6 Å². The Bertz CT molecular complexity index is 725. The lowest BCUT2D eigenvalue weighted by Crippen LogP contribution is -2.34. The standard InChI is InChI=1S/C13H16N4O2/c14-8-6-10-11(15-7-8)17(13(19)16-12(10)18)9-4-2-1-3-5-9/h6-7,9H,1-5,14H2,(H,16,18,19). The Labute approximate surface area is 109 Å². The van der Waals surface area contributed by atoms with E-state index in [9.17, 15) is 9.59 Å². The fraction of sp³-hybridized carbons (Fsp3) is 0.462. The van der Waals surface area contributed by atoms with Crippen molar-refractivity contribution < 1.29 is 0 Å². The van der Waals surface area contributed by atoms with Crippen molar-refractivity contribution in [2.75, 3.05) is 5.73 Å². The van der Waals surface area contributed by atoms with Crippen molar-refractivity contribution in [2.45, 2.75) is 38.1 Å². The summed E-state index contributed by atoms with van der Waals surface area (Å²) >= 11 is 0. The minimum Gasteiger partial charge on any atom is -0.397 e. The molecule has 0 saturated heterocycles. The van der Waals surface area contributed by atoms with Crippen molar-refractivity contribution in [3.63, 3.8) is 0 Å². The quantitative estimate of drug-likeness (QED) is 0.804. The van der Waals surface area contributed by atoms with Crippen molar-refractivity contribution in [2.24, 2.45) is 0 Å². The van der Waals surface area contributed by atoms with E-state index in [-0.39, 0.29) is 11.7 Å². The van der Waals surface area contributed by atoms with Crippen molar-refractivity contribution in [1.82, 2.24) is 14.5 Å². The van der Waals surface area contributed by atoms with E-state index in [1.165, 1.54) is 12.6 Å². The molecule has 3 N–H and O–H groups in total. The minimum atomic E-state index is -0.424. The molecule has 1 aliphatic carbocycles.